The highest BCUT2D eigenvalue weighted by Crippen LogP contribution is 2.42. The summed E-state index contributed by atoms with van der Waals surface area (Å²) in [5, 5.41) is 0. The Morgan fingerprint density at radius 1 is 0.591 bits per heavy atom. The molecule has 0 fully saturated rings. The fourth-order valence-electron chi connectivity index (χ4n) is 10.1. The van der Waals surface area contributed by atoms with Crippen molar-refractivity contribution >= 4 is 65.6 Å². The van der Waals surface area contributed by atoms with Gasteiger partial charge in [-0.2, -0.15) is 0 Å². The number of hydrogen-bond acceptors (Lipinski definition) is 4. The predicted molar refractivity (Wildman–Crippen MR) is 217 cm³/mol. The average Bonchev–Trinajstić information content (AvgIpc) is 2.79. The molecule has 0 aliphatic rings. The minimum atomic E-state index is -2.16. The maximum absolute atomic E-state index is 12.4. The van der Waals surface area contributed by atoms with Crippen LogP contribution < -0.4 is 0 Å². The van der Waals surface area contributed by atoms with E-state index in [0.29, 0.717) is 13.0 Å². The first-order valence-electron chi connectivity index (χ1n) is 16.9. The molecule has 1 aromatic carbocycles. The first-order valence-corrected chi connectivity index (χ1v) is 47.8. The summed E-state index contributed by atoms with van der Waals surface area (Å²) in [5.74, 6) is 0. The lowest BCUT2D eigenvalue weighted by Crippen LogP contribution is -2.85. The zero-order chi connectivity index (χ0) is 34.8. The molecule has 4 nitrogen and oxygen atoms in total. The number of carbonyl (C=O) groups is 1. The van der Waals surface area contributed by atoms with Crippen molar-refractivity contribution in [3.8, 4) is 0 Å². The Morgan fingerprint density at radius 3 is 1.30 bits per heavy atom. The number of benzene rings is 1. The fourth-order valence-corrected chi connectivity index (χ4v) is 198. The Balaban J connectivity index is 3.86. The number of ether oxygens (including phenoxy) is 1. The number of hydrogen-bond donors (Lipinski definition) is 0. The van der Waals surface area contributed by atoms with Crippen LogP contribution >= 0.6 is 0 Å². The van der Waals surface area contributed by atoms with E-state index in [2.05, 4.69) is 155 Å². The van der Waals surface area contributed by atoms with Crippen LogP contribution in [-0.4, -0.2) is 83.9 Å². The van der Waals surface area contributed by atoms with Crippen molar-refractivity contribution in [3.05, 3.63) is 35.9 Å². The lowest BCUT2D eigenvalue weighted by molar-refractivity contribution is -0.110. The molecule has 12 heteroatoms. The molecule has 1 aromatic rings. The van der Waals surface area contributed by atoms with Crippen molar-refractivity contribution in [1.82, 2.24) is 0 Å². The molecule has 1 rings (SSSR count). The molecule has 0 saturated heterocycles. The van der Waals surface area contributed by atoms with Crippen molar-refractivity contribution in [1.29, 1.82) is 0 Å². The van der Waals surface area contributed by atoms with Gasteiger partial charge in [-0.3, -0.25) is 0 Å². The highest BCUT2D eigenvalue weighted by atomic mass is 29.9. The van der Waals surface area contributed by atoms with Crippen molar-refractivity contribution in [2.75, 3.05) is 0 Å². The Bertz CT molecular complexity index is 970. The molecular formula is C32H72O4Si8. The molecule has 0 N–H and O–H groups in total. The number of carbonyl (C=O) groups excluding carboxylic acids is 1. The Kier molecular flexibility index (Phi) is 14.5. The van der Waals surface area contributed by atoms with Crippen LogP contribution in [0.25, 0.3) is 0 Å². The summed E-state index contributed by atoms with van der Waals surface area (Å²) in [6.07, 6.45) is 2.02. The molecule has 0 bridgehead atoms. The molecule has 0 amide bonds. The van der Waals surface area contributed by atoms with Crippen LogP contribution in [0.3, 0.4) is 0 Å². The summed E-state index contributed by atoms with van der Waals surface area (Å²) in [5.41, 5.74) is 1.19. The van der Waals surface area contributed by atoms with Crippen LogP contribution in [0.15, 0.2) is 30.3 Å². The number of rotatable bonds is 18. The van der Waals surface area contributed by atoms with Crippen LogP contribution in [0.5, 0.6) is 0 Å². The van der Waals surface area contributed by atoms with Crippen molar-refractivity contribution in [2.45, 2.75) is 163 Å². The van der Waals surface area contributed by atoms with Gasteiger partial charge >= 0.3 is 0 Å². The van der Waals surface area contributed by atoms with E-state index in [4.69, 9.17) is 13.6 Å². The summed E-state index contributed by atoms with van der Waals surface area (Å²) in [6, 6.07) is 10.5. The van der Waals surface area contributed by atoms with Crippen molar-refractivity contribution in [3.63, 3.8) is 0 Å². The van der Waals surface area contributed by atoms with Crippen LogP contribution in [0.4, 0.5) is 0 Å². The lowest BCUT2D eigenvalue weighted by Gasteiger charge is -2.59. The molecule has 44 heavy (non-hydrogen) atoms. The van der Waals surface area contributed by atoms with Crippen molar-refractivity contribution < 1.29 is 18.4 Å². The van der Waals surface area contributed by atoms with Gasteiger partial charge < -0.3 is 18.4 Å². The average molecular weight is 746 g/mol. The fraction of sp³-hybridized carbons (Fsp3) is 0.781. The lowest BCUT2D eigenvalue weighted by atomic mass is 10.1. The first-order chi connectivity index (χ1) is 19.5. The zero-order valence-electron chi connectivity index (χ0n) is 32.5. The third-order valence-electron chi connectivity index (χ3n) is 9.74. The molecule has 0 spiro atoms. The summed E-state index contributed by atoms with van der Waals surface area (Å²) >= 11 is 0. The minimum absolute atomic E-state index is 0.0860. The molecule has 0 radical (unpaired) electrons. The second kappa shape index (κ2) is 15.0. The largest absolute Gasteiger partial charge is 0.422 e. The van der Waals surface area contributed by atoms with E-state index >= 15 is 0 Å². The van der Waals surface area contributed by atoms with Gasteiger partial charge in [0.05, 0.1) is 70.5 Å². The summed E-state index contributed by atoms with van der Waals surface area (Å²) in [7, 11) is -10.2. The standard InChI is InChI=1S/C32H72O4Si8/c1-29(34-28-30-23-21-20-22-24-30)32(36-44(40(11,12)13,41(14,15)16)42(17,18)19)27-31(25-26-33)35-43(37(2,3)4,38(5,6)7)39(8,9)10/h20-24,26,29,31-32H,25,27-28H2,1-19H3/t29-,31-,32-/m1/s1. The first kappa shape index (κ1) is 42.5. The summed E-state index contributed by atoms with van der Waals surface area (Å²) < 4.78 is 22.5. The topological polar surface area (TPSA) is 44.8 Å². The maximum Gasteiger partial charge on any atom is 0.158 e. The molecule has 0 aliphatic carbocycles. The Morgan fingerprint density at radius 2 is 0.955 bits per heavy atom. The molecule has 256 valence electrons. The molecule has 0 heterocycles. The van der Waals surface area contributed by atoms with E-state index in [-0.39, 0.29) is 18.3 Å². The van der Waals surface area contributed by atoms with E-state index in [1.165, 1.54) is 5.56 Å². The van der Waals surface area contributed by atoms with Gasteiger partial charge in [-0.15, -0.1) is 0 Å². The highest BCUT2D eigenvalue weighted by Gasteiger charge is 2.66. The van der Waals surface area contributed by atoms with Gasteiger partial charge in [0.1, 0.15) is 6.29 Å². The molecule has 0 aromatic heterocycles. The van der Waals surface area contributed by atoms with Gasteiger partial charge in [0, 0.05) is 12.8 Å². The predicted octanol–water partition coefficient (Wildman–Crippen LogP) is 9.73. The van der Waals surface area contributed by atoms with Gasteiger partial charge in [-0.05, 0) is 12.5 Å². The van der Waals surface area contributed by atoms with E-state index in [1.54, 1.807) is 0 Å². The van der Waals surface area contributed by atoms with Crippen LogP contribution in [-0.2, 0) is 25.0 Å². The van der Waals surface area contributed by atoms with Crippen LogP contribution in [0.2, 0.25) is 118 Å². The summed E-state index contributed by atoms with van der Waals surface area (Å²) in [6.45, 7) is 44.8. The highest BCUT2D eigenvalue weighted by molar-refractivity contribution is 7.88. The zero-order valence-corrected chi connectivity index (χ0v) is 40.5. The van der Waals surface area contributed by atoms with Crippen LogP contribution in [0, 0.1) is 0 Å². The SMILES string of the molecule is C[C@@H](OCc1ccccc1)[C@@H](C[C@@H](CC=O)O[Si]([Si](C)(C)C)([Si](C)(C)C)[Si](C)(C)C)O[Si]([Si](C)(C)C)([Si](C)(C)C)[Si](C)(C)C. The summed E-state index contributed by atoms with van der Waals surface area (Å²) in [4.78, 5) is 12.4. The molecule has 0 saturated carbocycles. The molecule has 3 atom stereocenters. The van der Waals surface area contributed by atoms with E-state index in [0.717, 1.165) is 12.7 Å². The maximum atomic E-state index is 12.4. The normalized spacial score (nSPS) is 16.9. The van der Waals surface area contributed by atoms with Crippen LogP contribution in [0.1, 0.15) is 25.3 Å². The van der Waals surface area contributed by atoms with Gasteiger partial charge in [0.2, 0.25) is 0 Å². The molecule has 0 aliphatic heterocycles. The molecular weight excluding hydrogens is 673 g/mol. The molecule has 0 unspecified atom stereocenters. The third kappa shape index (κ3) is 9.35. The van der Waals surface area contributed by atoms with E-state index < -0.39 is 59.3 Å². The minimum Gasteiger partial charge on any atom is -0.422 e. The van der Waals surface area contributed by atoms with E-state index in [1.807, 2.05) is 0 Å². The van der Waals surface area contributed by atoms with Gasteiger partial charge in [-0.1, -0.05) is 148 Å². The van der Waals surface area contributed by atoms with Gasteiger partial charge in [-0.25, -0.2) is 0 Å². The third-order valence-corrected chi connectivity index (χ3v) is 145. The monoisotopic (exact) mass is 744 g/mol. The van der Waals surface area contributed by atoms with Gasteiger partial charge in [0.25, 0.3) is 0 Å². The van der Waals surface area contributed by atoms with E-state index in [9.17, 15) is 4.79 Å². The quantitative estimate of drug-likeness (QED) is 0.111. The Hall–Kier alpha value is 0.505. The second-order valence-corrected chi connectivity index (χ2v) is 98.3. The second-order valence-electron chi connectivity index (χ2n) is 19.4. The smallest absolute Gasteiger partial charge is 0.158 e. The Labute approximate surface area is 280 Å². The number of aldehydes is 1. The van der Waals surface area contributed by atoms with Gasteiger partial charge in [0.15, 0.2) is 13.7 Å². The van der Waals surface area contributed by atoms with Crippen molar-refractivity contribution in [2.24, 2.45) is 0 Å².